The molecule has 5 heteroatoms. The number of thiazole rings is 1. The highest BCUT2D eigenvalue weighted by Crippen LogP contribution is 2.21. The maximum Gasteiger partial charge on any atom is 0.307 e. The van der Waals surface area contributed by atoms with Crippen molar-refractivity contribution in [2.45, 2.75) is 26.3 Å². The topological polar surface area (TPSA) is 42.3 Å². The number of hydrogen-bond acceptors (Lipinski definition) is 4. The van der Waals surface area contributed by atoms with E-state index < -0.39 is 0 Å². The summed E-state index contributed by atoms with van der Waals surface area (Å²) in [5.74, 6) is 0.411. The van der Waals surface area contributed by atoms with Crippen molar-refractivity contribution in [2.24, 2.45) is 5.92 Å². The van der Waals surface area contributed by atoms with Crippen molar-refractivity contribution in [1.29, 1.82) is 0 Å². The minimum atomic E-state index is 0.122. The maximum absolute atomic E-state index is 12.5. The van der Waals surface area contributed by atoms with E-state index in [1.54, 1.807) is 0 Å². The van der Waals surface area contributed by atoms with Crippen LogP contribution in [0.1, 0.15) is 28.9 Å². The van der Waals surface area contributed by atoms with Crippen molar-refractivity contribution < 1.29 is 4.79 Å². The monoisotopic (exact) mass is 330 g/mol. The molecule has 0 atom stereocenters. The van der Waals surface area contributed by atoms with Gasteiger partial charge in [-0.1, -0.05) is 41.7 Å². The third kappa shape index (κ3) is 3.79. The van der Waals surface area contributed by atoms with Crippen molar-refractivity contribution in [3.05, 3.63) is 56.6 Å². The van der Waals surface area contributed by atoms with Gasteiger partial charge in [-0.2, -0.15) is 0 Å². The van der Waals surface area contributed by atoms with Crippen molar-refractivity contribution >= 4 is 17.1 Å². The second-order valence-corrected chi connectivity index (χ2v) is 6.96. The smallest absolute Gasteiger partial charge is 0.302 e. The van der Waals surface area contributed by atoms with Crippen LogP contribution < -0.4 is 4.87 Å². The Kier molecular flexibility index (Phi) is 5.08. The summed E-state index contributed by atoms with van der Waals surface area (Å²) in [6.45, 7) is 5.46. The number of hydrogen-bond donors (Lipinski definition) is 0. The minimum Gasteiger partial charge on any atom is -0.302 e. The lowest BCUT2D eigenvalue weighted by Crippen LogP contribution is -2.38. The van der Waals surface area contributed by atoms with E-state index in [1.807, 2.05) is 47.2 Å². The maximum atomic E-state index is 12.5. The standard InChI is InChI=1S/C18H22N2O2S/c1-14-13-23-18(22)20(14)12-11-19-9-7-16(8-10-19)17(21)15-5-3-2-4-6-15/h2-6,13,16H,7-12H2,1H3. The molecule has 3 rings (SSSR count). The van der Waals surface area contributed by atoms with Crippen molar-refractivity contribution in [3.8, 4) is 0 Å². The van der Waals surface area contributed by atoms with Gasteiger partial charge in [0.2, 0.25) is 0 Å². The molecule has 4 nitrogen and oxygen atoms in total. The number of Topliss-reactive ketones (excluding diaryl/α,β-unsaturated/α-hetero) is 1. The Morgan fingerprint density at radius 3 is 2.48 bits per heavy atom. The third-order valence-corrected chi connectivity index (χ3v) is 5.51. The number of aryl methyl sites for hydroxylation is 1. The first-order valence-corrected chi connectivity index (χ1v) is 8.99. The van der Waals surface area contributed by atoms with E-state index in [0.717, 1.165) is 50.3 Å². The van der Waals surface area contributed by atoms with Crippen molar-refractivity contribution in [2.75, 3.05) is 19.6 Å². The third-order valence-electron chi connectivity index (χ3n) is 4.63. The van der Waals surface area contributed by atoms with Gasteiger partial charge in [-0.3, -0.25) is 9.59 Å². The van der Waals surface area contributed by atoms with Crippen LogP contribution in [0.2, 0.25) is 0 Å². The molecule has 2 heterocycles. The molecule has 1 fully saturated rings. The highest BCUT2D eigenvalue weighted by molar-refractivity contribution is 7.07. The summed E-state index contributed by atoms with van der Waals surface area (Å²) in [4.78, 5) is 26.7. The van der Waals surface area contributed by atoms with Crippen LogP contribution in [0.5, 0.6) is 0 Å². The molecule has 0 bridgehead atoms. The fourth-order valence-electron chi connectivity index (χ4n) is 3.17. The molecule has 0 saturated carbocycles. The molecule has 1 aromatic heterocycles. The largest absolute Gasteiger partial charge is 0.307 e. The fraction of sp³-hybridized carbons (Fsp3) is 0.444. The molecule has 0 amide bonds. The lowest BCUT2D eigenvalue weighted by molar-refractivity contribution is 0.0837. The number of likely N-dealkylation sites (tertiary alicyclic amines) is 1. The molecule has 0 aliphatic carbocycles. The molecule has 122 valence electrons. The Morgan fingerprint density at radius 1 is 1.17 bits per heavy atom. The van der Waals surface area contributed by atoms with Gasteiger partial charge in [0, 0.05) is 35.6 Å². The van der Waals surface area contributed by atoms with Crippen molar-refractivity contribution in [3.63, 3.8) is 0 Å². The highest BCUT2D eigenvalue weighted by Gasteiger charge is 2.25. The zero-order valence-corrected chi connectivity index (χ0v) is 14.2. The molecule has 0 radical (unpaired) electrons. The van der Waals surface area contributed by atoms with Gasteiger partial charge in [0.05, 0.1) is 0 Å². The van der Waals surface area contributed by atoms with Gasteiger partial charge in [0.1, 0.15) is 0 Å². The Bertz CT molecular complexity index is 712. The Labute approximate surface area is 140 Å². The fourth-order valence-corrected chi connectivity index (χ4v) is 3.93. The quantitative estimate of drug-likeness (QED) is 0.792. The molecular formula is C18H22N2O2S. The first-order valence-electron chi connectivity index (χ1n) is 8.11. The Balaban J connectivity index is 1.51. The molecule has 1 aliphatic heterocycles. The van der Waals surface area contributed by atoms with E-state index in [-0.39, 0.29) is 16.6 Å². The number of ketones is 1. The van der Waals surface area contributed by atoms with Gasteiger partial charge >= 0.3 is 4.87 Å². The zero-order valence-electron chi connectivity index (χ0n) is 13.4. The molecule has 0 N–H and O–H groups in total. The van der Waals surface area contributed by atoms with Gasteiger partial charge in [-0.15, -0.1) is 0 Å². The minimum absolute atomic E-state index is 0.122. The number of carbonyl (C=O) groups is 1. The molecule has 1 saturated heterocycles. The van der Waals surface area contributed by atoms with Crippen LogP contribution in [0.4, 0.5) is 0 Å². The predicted octanol–water partition coefficient (Wildman–Crippen LogP) is 2.81. The van der Waals surface area contributed by atoms with Gasteiger partial charge in [0.25, 0.3) is 0 Å². The summed E-state index contributed by atoms with van der Waals surface area (Å²) < 4.78 is 1.84. The molecular weight excluding hydrogens is 308 g/mol. The van der Waals surface area contributed by atoms with Crippen molar-refractivity contribution in [1.82, 2.24) is 9.47 Å². The number of nitrogens with zero attached hydrogens (tertiary/aromatic N) is 2. The Morgan fingerprint density at radius 2 is 1.87 bits per heavy atom. The average molecular weight is 330 g/mol. The lowest BCUT2D eigenvalue weighted by atomic mass is 9.89. The van der Waals surface area contributed by atoms with Crippen LogP contribution in [-0.2, 0) is 6.54 Å². The average Bonchev–Trinajstić information content (AvgIpc) is 2.92. The summed E-state index contributed by atoms with van der Waals surface area (Å²) in [6, 6.07) is 9.58. The molecule has 2 aromatic rings. The molecule has 0 spiro atoms. The number of rotatable bonds is 5. The lowest BCUT2D eigenvalue weighted by Gasteiger charge is -2.31. The summed E-state index contributed by atoms with van der Waals surface area (Å²) in [6.07, 6.45) is 1.82. The van der Waals surface area contributed by atoms with Crippen LogP contribution >= 0.6 is 11.3 Å². The summed E-state index contributed by atoms with van der Waals surface area (Å²) >= 11 is 1.26. The van der Waals surface area contributed by atoms with E-state index >= 15 is 0 Å². The second kappa shape index (κ2) is 7.23. The van der Waals surface area contributed by atoms with Gasteiger partial charge in [-0.05, 0) is 32.9 Å². The highest BCUT2D eigenvalue weighted by atomic mass is 32.1. The summed E-state index contributed by atoms with van der Waals surface area (Å²) in [7, 11) is 0. The van der Waals surface area contributed by atoms with Gasteiger partial charge < -0.3 is 9.47 Å². The molecule has 0 unspecified atom stereocenters. The van der Waals surface area contributed by atoms with E-state index in [2.05, 4.69) is 4.90 Å². The van der Waals surface area contributed by atoms with Crippen LogP contribution in [0.25, 0.3) is 0 Å². The van der Waals surface area contributed by atoms with Crippen LogP contribution in [-0.4, -0.2) is 34.9 Å². The SMILES string of the molecule is Cc1csc(=O)n1CCN1CCC(C(=O)c2ccccc2)CC1. The number of aromatic nitrogens is 1. The summed E-state index contributed by atoms with van der Waals surface area (Å²) in [5.41, 5.74) is 1.86. The predicted molar refractivity (Wildman–Crippen MR) is 93.3 cm³/mol. The number of benzene rings is 1. The number of piperidine rings is 1. The Hall–Kier alpha value is -1.72. The van der Waals surface area contributed by atoms with E-state index in [9.17, 15) is 9.59 Å². The van der Waals surface area contributed by atoms with E-state index in [0.29, 0.717) is 0 Å². The van der Waals surface area contributed by atoms with Crippen LogP contribution in [0, 0.1) is 12.8 Å². The second-order valence-electron chi connectivity index (χ2n) is 6.14. The molecule has 1 aromatic carbocycles. The first-order chi connectivity index (χ1) is 11.1. The van der Waals surface area contributed by atoms with Crippen LogP contribution in [0.15, 0.2) is 40.5 Å². The number of carbonyl (C=O) groups excluding carboxylic acids is 1. The first kappa shape index (κ1) is 16.1. The van der Waals surface area contributed by atoms with Gasteiger partial charge in [-0.25, -0.2) is 0 Å². The van der Waals surface area contributed by atoms with Gasteiger partial charge in [0.15, 0.2) is 5.78 Å². The van der Waals surface area contributed by atoms with Crippen LogP contribution in [0.3, 0.4) is 0 Å². The summed E-state index contributed by atoms with van der Waals surface area (Å²) in [5, 5.41) is 1.91. The normalized spacial score (nSPS) is 16.6. The zero-order chi connectivity index (χ0) is 16.2. The molecule has 23 heavy (non-hydrogen) atoms. The van der Waals surface area contributed by atoms with E-state index in [1.165, 1.54) is 11.3 Å². The molecule has 1 aliphatic rings. The van der Waals surface area contributed by atoms with E-state index in [4.69, 9.17) is 0 Å².